The highest BCUT2D eigenvalue weighted by atomic mass is 79.9. The summed E-state index contributed by atoms with van der Waals surface area (Å²) < 4.78 is 6.19. The summed E-state index contributed by atoms with van der Waals surface area (Å²) in [4.78, 5) is 17.9. The van der Waals surface area contributed by atoms with Crippen LogP contribution >= 0.6 is 31.9 Å². The molecule has 0 aliphatic rings. The van der Waals surface area contributed by atoms with Gasteiger partial charge in [-0.1, -0.05) is 0 Å². The van der Waals surface area contributed by atoms with Crippen LogP contribution in [0.15, 0.2) is 33.5 Å². The molecule has 1 heterocycles. The van der Waals surface area contributed by atoms with Crippen molar-refractivity contribution in [3.8, 4) is 17.7 Å². The van der Waals surface area contributed by atoms with Gasteiger partial charge in [0, 0.05) is 24.5 Å². The third-order valence-corrected chi connectivity index (χ3v) is 3.34. The molecule has 0 amide bonds. The number of hydrogen-bond acceptors (Lipinski definition) is 6. The first kappa shape index (κ1) is 14.4. The lowest BCUT2D eigenvalue weighted by molar-refractivity contribution is -0.385. The molecule has 9 heteroatoms. The Morgan fingerprint density at radius 1 is 1.25 bits per heavy atom. The first-order valence-corrected chi connectivity index (χ1v) is 6.64. The number of nitriles is 1. The molecular weight excluding hydrogens is 396 g/mol. The fourth-order valence-electron chi connectivity index (χ4n) is 1.32. The van der Waals surface area contributed by atoms with Crippen LogP contribution in [0.5, 0.6) is 11.6 Å². The van der Waals surface area contributed by atoms with Crippen molar-refractivity contribution in [1.82, 2.24) is 9.97 Å². The van der Waals surface area contributed by atoms with Gasteiger partial charge >= 0.3 is 0 Å². The molecule has 0 saturated carbocycles. The number of aromatic nitrogens is 2. The maximum atomic E-state index is 10.7. The highest BCUT2D eigenvalue weighted by Gasteiger charge is 2.17. The van der Waals surface area contributed by atoms with Crippen LogP contribution < -0.4 is 4.74 Å². The number of nitro groups is 1. The topological polar surface area (TPSA) is 102 Å². The average Bonchev–Trinajstić information content (AvgIpc) is 2.42. The molecule has 1 aromatic heterocycles. The monoisotopic (exact) mass is 398 g/mol. The van der Waals surface area contributed by atoms with E-state index in [1.807, 2.05) is 6.07 Å². The second kappa shape index (κ2) is 5.94. The Kier molecular flexibility index (Phi) is 4.26. The van der Waals surface area contributed by atoms with Crippen molar-refractivity contribution in [3.63, 3.8) is 0 Å². The van der Waals surface area contributed by atoms with E-state index < -0.39 is 4.92 Å². The van der Waals surface area contributed by atoms with Crippen molar-refractivity contribution >= 4 is 37.5 Å². The van der Waals surface area contributed by atoms with E-state index >= 15 is 0 Å². The van der Waals surface area contributed by atoms with Crippen molar-refractivity contribution in [2.45, 2.75) is 0 Å². The minimum Gasteiger partial charge on any atom is -0.434 e. The number of rotatable bonds is 3. The van der Waals surface area contributed by atoms with E-state index in [0.29, 0.717) is 8.95 Å². The first-order valence-electron chi connectivity index (χ1n) is 5.05. The second-order valence-electron chi connectivity index (χ2n) is 3.42. The summed E-state index contributed by atoms with van der Waals surface area (Å²) in [5.74, 6) is 0.290. The minimum atomic E-state index is -0.525. The normalized spacial score (nSPS) is 9.85. The quantitative estimate of drug-likeness (QED) is 0.577. The molecule has 100 valence electrons. The average molecular weight is 400 g/mol. The van der Waals surface area contributed by atoms with E-state index in [9.17, 15) is 10.1 Å². The highest BCUT2D eigenvalue weighted by molar-refractivity contribution is 9.11. The zero-order chi connectivity index (χ0) is 14.7. The SMILES string of the molecule is N#Cc1nccnc1Oc1c(Br)cc([N+](=O)[O-])cc1Br. The summed E-state index contributed by atoms with van der Waals surface area (Å²) in [5, 5.41) is 19.6. The van der Waals surface area contributed by atoms with E-state index in [4.69, 9.17) is 10.00 Å². The molecule has 0 unspecified atom stereocenters. The Bertz CT molecular complexity index is 707. The van der Waals surface area contributed by atoms with E-state index in [1.165, 1.54) is 24.5 Å². The number of nitro benzene ring substituents is 1. The molecule has 0 atom stereocenters. The summed E-state index contributed by atoms with van der Waals surface area (Å²) in [5.41, 5.74) is -0.0830. The van der Waals surface area contributed by atoms with Gasteiger partial charge in [0.2, 0.25) is 5.69 Å². The van der Waals surface area contributed by atoms with Gasteiger partial charge in [-0.2, -0.15) is 5.26 Å². The standard InChI is InChI=1S/C11H4Br2N4O3/c12-7-3-6(17(18)19)4-8(13)10(7)20-11-9(5-14)15-1-2-16-11/h1-4H. The lowest BCUT2D eigenvalue weighted by Gasteiger charge is -2.09. The Morgan fingerprint density at radius 2 is 1.85 bits per heavy atom. The summed E-state index contributed by atoms with van der Waals surface area (Å²) >= 11 is 6.36. The molecule has 0 aliphatic heterocycles. The maximum absolute atomic E-state index is 10.7. The van der Waals surface area contributed by atoms with Gasteiger partial charge in [-0.3, -0.25) is 10.1 Å². The van der Waals surface area contributed by atoms with Gasteiger partial charge in [-0.25, -0.2) is 9.97 Å². The van der Waals surface area contributed by atoms with Crippen LogP contribution in [0.1, 0.15) is 5.69 Å². The number of nitrogens with zero attached hydrogens (tertiary/aromatic N) is 4. The Hall–Kier alpha value is -2.05. The molecule has 20 heavy (non-hydrogen) atoms. The molecule has 0 fully saturated rings. The largest absolute Gasteiger partial charge is 0.434 e. The molecular formula is C11H4Br2N4O3. The smallest absolute Gasteiger partial charge is 0.271 e. The van der Waals surface area contributed by atoms with Crippen LogP contribution in [0, 0.1) is 21.4 Å². The minimum absolute atomic E-state index is 0.0182. The third-order valence-electron chi connectivity index (χ3n) is 2.16. The molecule has 0 N–H and O–H groups in total. The van der Waals surface area contributed by atoms with Gasteiger partial charge < -0.3 is 4.74 Å². The number of halogens is 2. The Morgan fingerprint density at radius 3 is 2.40 bits per heavy atom. The van der Waals surface area contributed by atoms with E-state index in [-0.39, 0.29) is 23.0 Å². The van der Waals surface area contributed by atoms with Crippen LogP contribution in [-0.2, 0) is 0 Å². The summed E-state index contributed by atoms with van der Waals surface area (Å²) in [6.45, 7) is 0. The van der Waals surface area contributed by atoms with E-state index in [2.05, 4.69) is 41.8 Å². The number of non-ortho nitro benzene ring substituents is 1. The molecule has 1 aromatic carbocycles. The maximum Gasteiger partial charge on any atom is 0.271 e. The summed E-state index contributed by atoms with van der Waals surface area (Å²) in [6.07, 6.45) is 2.74. The molecule has 0 bridgehead atoms. The molecule has 0 radical (unpaired) electrons. The van der Waals surface area contributed by atoms with Gasteiger partial charge in [0.05, 0.1) is 13.9 Å². The molecule has 2 rings (SSSR count). The van der Waals surface area contributed by atoms with Gasteiger partial charge in [0.1, 0.15) is 6.07 Å². The van der Waals surface area contributed by atoms with Crippen molar-refractivity contribution in [3.05, 3.63) is 49.3 Å². The van der Waals surface area contributed by atoms with E-state index in [0.717, 1.165) is 0 Å². The van der Waals surface area contributed by atoms with E-state index in [1.54, 1.807) is 0 Å². The third kappa shape index (κ3) is 2.92. The molecule has 0 aliphatic carbocycles. The lowest BCUT2D eigenvalue weighted by Crippen LogP contribution is -1.96. The molecule has 7 nitrogen and oxygen atoms in total. The first-order chi connectivity index (χ1) is 9.52. The number of benzene rings is 1. The van der Waals surface area contributed by atoms with Gasteiger partial charge in [-0.05, 0) is 31.9 Å². The van der Waals surface area contributed by atoms with Crippen molar-refractivity contribution < 1.29 is 9.66 Å². The van der Waals surface area contributed by atoms with Crippen molar-refractivity contribution in [2.75, 3.05) is 0 Å². The van der Waals surface area contributed by atoms with Gasteiger partial charge in [0.25, 0.3) is 11.6 Å². The number of ether oxygens (including phenoxy) is 1. The van der Waals surface area contributed by atoms with Crippen LogP contribution in [-0.4, -0.2) is 14.9 Å². The highest BCUT2D eigenvalue weighted by Crippen LogP contribution is 2.39. The predicted molar refractivity (Wildman–Crippen MR) is 75.3 cm³/mol. The predicted octanol–water partition coefficient (Wildman–Crippen LogP) is 3.57. The lowest BCUT2D eigenvalue weighted by atomic mass is 10.3. The summed E-state index contributed by atoms with van der Waals surface area (Å²) in [7, 11) is 0. The van der Waals surface area contributed by atoms with Crippen LogP contribution in [0.25, 0.3) is 0 Å². The van der Waals surface area contributed by atoms with Gasteiger partial charge in [0.15, 0.2) is 5.75 Å². The van der Waals surface area contributed by atoms with Crippen LogP contribution in [0.3, 0.4) is 0 Å². The zero-order valence-electron chi connectivity index (χ0n) is 9.58. The fourth-order valence-corrected chi connectivity index (χ4v) is 2.65. The second-order valence-corrected chi connectivity index (χ2v) is 5.13. The Labute approximate surface area is 129 Å². The van der Waals surface area contributed by atoms with Crippen LogP contribution in [0.2, 0.25) is 0 Å². The molecule has 2 aromatic rings. The van der Waals surface area contributed by atoms with Crippen molar-refractivity contribution in [2.24, 2.45) is 0 Å². The zero-order valence-corrected chi connectivity index (χ0v) is 12.8. The Balaban J connectivity index is 2.45. The van der Waals surface area contributed by atoms with Crippen molar-refractivity contribution in [1.29, 1.82) is 5.26 Å². The summed E-state index contributed by atoms with van der Waals surface area (Å²) in [6, 6.07) is 4.44. The van der Waals surface area contributed by atoms with Gasteiger partial charge in [-0.15, -0.1) is 0 Å². The molecule has 0 saturated heterocycles. The number of hydrogen-bond donors (Lipinski definition) is 0. The van der Waals surface area contributed by atoms with Crippen LogP contribution in [0.4, 0.5) is 5.69 Å². The molecule has 0 spiro atoms. The fraction of sp³-hybridized carbons (Fsp3) is 0.